The van der Waals surface area contributed by atoms with E-state index in [1.54, 1.807) is 0 Å². The number of rotatable bonds is 0. The summed E-state index contributed by atoms with van der Waals surface area (Å²) in [6.07, 6.45) is 5.27. The number of fused-ring (bicyclic) bond motifs is 5. The number of nitrogens with zero attached hydrogens (tertiary/aromatic N) is 4. The molecule has 3 aromatic rings. The first-order chi connectivity index (χ1) is 8.93. The summed E-state index contributed by atoms with van der Waals surface area (Å²) in [7, 11) is 0. The van der Waals surface area contributed by atoms with Crippen LogP contribution >= 0.6 is 0 Å². The molecule has 0 spiro atoms. The van der Waals surface area contributed by atoms with E-state index in [9.17, 15) is 0 Å². The van der Waals surface area contributed by atoms with E-state index in [0.717, 1.165) is 31.0 Å². The van der Waals surface area contributed by atoms with Crippen molar-refractivity contribution in [2.45, 2.75) is 19.5 Å². The quantitative estimate of drug-likeness (QED) is 0.536. The smallest absolute Gasteiger partial charge is 0.218 e. The average Bonchev–Trinajstić information content (AvgIpc) is 2.69. The van der Waals surface area contributed by atoms with Crippen LogP contribution in [0.4, 0.5) is 0 Å². The van der Waals surface area contributed by atoms with Gasteiger partial charge < -0.3 is 0 Å². The van der Waals surface area contributed by atoms with E-state index in [-0.39, 0.29) is 0 Å². The van der Waals surface area contributed by atoms with Gasteiger partial charge in [-0.3, -0.25) is 0 Å². The van der Waals surface area contributed by atoms with Crippen LogP contribution in [0.1, 0.15) is 6.42 Å². The third-order valence-corrected chi connectivity index (χ3v) is 3.50. The summed E-state index contributed by atoms with van der Waals surface area (Å²) in [6.45, 7) is 2.07. The van der Waals surface area contributed by atoms with Crippen LogP contribution in [0, 0.1) is 0 Å². The fourth-order valence-corrected chi connectivity index (χ4v) is 2.67. The summed E-state index contributed by atoms with van der Waals surface area (Å²) >= 11 is 0. The molecule has 1 aliphatic heterocycles. The largest absolute Gasteiger partial charge is 0.374 e. The molecule has 1 aliphatic rings. The highest BCUT2D eigenvalue weighted by Gasteiger charge is 2.30. The minimum Gasteiger partial charge on any atom is -0.218 e. The molecule has 0 aromatic carbocycles. The number of aromatic nitrogens is 4. The maximum atomic E-state index is 4.71. The van der Waals surface area contributed by atoms with Crippen molar-refractivity contribution >= 4 is 5.65 Å². The summed E-state index contributed by atoms with van der Waals surface area (Å²) in [4.78, 5) is 0. The lowest BCUT2D eigenvalue weighted by Crippen LogP contribution is -2.36. The average molecular weight is 238 g/mol. The minimum atomic E-state index is 1.02. The number of hydrogen-bond acceptors (Lipinski definition) is 1. The van der Waals surface area contributed by atoms with Crippen LogP contribution in [0.2, 0.25) is 0 Å². The Balaban J connectivity index is 2.09. The van der Waals surface area contributed by atoms with Gasteiger partial charge in [0, 0.05) is 24.6 Å². The summed E-state index contributed by atoms with van der Waals surface area (Å²) in [5, 5.41) is 4.71. The predicted molar refractivity (Wildman–Crippen MR) is 65.6 cm³/mol. The molecule has 18 heavy (non-hydrogen) atoms. The monoisotopic (exact) mass is 238 g/mol. The maximum absolute atomic E-state index is 4.71. The molecule has 0 aliphatic carbocycles. The molecule has 0 fully saturated rings. The van der Waals surface area contributed by atoms with Gasteiger partial charge in [0.1, 0.15) is 6.20 Å². The number of hydrogen-bond donors (Lipinski definition) is 0. The Labute approximate surface area is 105 Å². The molecule has 3 aromatic heterocycles. The standard InChI is InChI=1S/C14H14N4/c1-3-8-16-9-5-10-17-13-7-2-4-11-18(13)15-14(17)12(16)6-1/h1-4,6-8,11H,5,9-10H2/q+2. The van der Waals surface area contributed by atoms with Crippen LogP contribution in [-0.4, -0.2) is 9.61 Å². The number of aryl methyl sites for hydroxylation is 2. The van der Waals surface area contributed by atoms with Crippen LogP contribution in [0.15, 0.2) is 48.8 Å². The number of pyridine rings is 2. The Morgan fingerprint density at radius 1 is 1.06 bits per heavy atom. The van der Waals surface area contributed by atoms with Gasteiger partial charge in [0.25, 0.3) is 11.3 Å². The molecule has 0 saturated carbocycles. The van der Waals surface area contributed by atoms with Gasteiger partial charge >= 0.3 is 5.82 Å². The van der Waals surface area contributed by atoms with E-state index in [4.69, 9.17) is 5.10 Å². The van der Waals surface area contributed by atoms with Crippen molar-refractivity contribution in [3.63, 3.8) is 0 Å². The normalized spacial score (nSPS) is 14.0. The molecule has 4 rings (SSSR count). The Morgan fingerprint density at radius 2 is 2.00 bits per heavy atom. The van der Waals surface area contributed by atoms with Crippen LogP contribution in [-0.2, 0) is 13.1 Å². The lowest BCUT2D eigenvalue weighted by Gasteiger charge is -1.93. The van der Waals surface area contributed by atoms with Crippen molar-refractivity contribution in [1.82, 2.24) is 9.61 Å². The fraction of sp³-hybridized carbons (Fsp3) is 0.214. The topological polar surface area (TPSA) is 25.1 Å². The molecule has 0 bridgehead atoms. The molecule has 4 heterocycles. The van der Waals surface area contributed by atoms with E-state index in [1.165, 1.54) is 5.69 Å². The van der Waals surface area contributed by atoms with Gasteiger partial charge in [0.2, 0.25) is 0 Å². The molecular formula is C14H14N4+2. The van der Waals surface area contributed by atoms with E-state index in [2.05, 4.69) is 45.7 Å². The molecule has 88 valence electrons. The maximum Gasteiger partial charge on any atom is 0.374 e. The second-order valence-electron chi connectivity index (χ2n) is 4.61. The van der Waals surface area contributed by atoms with Crippen LogP contribution < -0.4 is 9.13 Å². The summed E-state index contributed by atoms with van der Waals surface area (Å²) in [5.74, 6) is 1.05. The van der Waals surface area contributed by atoms with E-state index >= 15 is 0 Å². The van der Waals surface area contributed by atoms with Gasteiger partial charge in [0.15, 0.2) is 12.7 Å². The second-order valence-corrected chi connectivity index (χ2v) is 4.61. The van der Waals surface area contributed by atoms with Crippen LogP contribution in [0.5, 0.6) is 0 Å². The van der Waals surface area contributed by atoms with Crippen molar-refractivity contribution in [1.29, 1.82) is 0 Å². The lowest BCUT2D eigenvalue weighted by molar-refractivity contribution is -0.686. The van der Waals surface area contributed by atoms with Gasteiger partial charge in [-0.1, -0.05) is 10.6 Å². The van der Waals surface area contributed by atoms with Gasteiger partial charge in [-0.25, -0.2) is 4.57 Å². The molecule has 0 atom stereocenters. The molecule has 4 nitrogen and oxygen atoms in total. The van der Waals surface area contributed by atoms with E-state index in [1.807, 2.05) is 16.8 Å². The third kappa shape index (κ3) is 1.29. The molecule has 0 N–H and O–H groups in total. The fourth-order valence-electron chi connectivity index (χ4n) is 2.67. The van der Waals surface area contributed by atoms with Crippen molar-refractivity contribution in [2.75, 3.05) is 0 Å². The Hall–Kier alpha value is -2.23. The van der Waals surface area contributed by atoms with Crippen molar-refractivity contribution in [3.05, 3.63) is 48.8 Å². The van der Waals surface area contributed by atoms with Gasteiger partial charge in [-0.2, -0.15) is 4.57 Å². The second kappa shape index (κ2) is 3.63. The first-order valence-electron chi connectivity index (χ1n) is 6.29. The zero-order valence-electron chi connectivity index (χ0n) is 10.0. The molecule has 0 radical (unpaired) electrons. The summed E-state index contributed by atoms with van der Waals surface area (Å²) in [5.41, 5.74) is 2.35. The highest BCUT2D eigenvalue weighted by atomic mass is 15.3. The van der Waals surface area contributed by atoms with Crippen molar-refractivity contribution in [3.8, 4) is 11.5 Å². The van der Waals surface area contributed by atoms with Gasteiger partial charge in [-0.15, -0.1) is 0 Å². The van der Waals surface area contributed by atoms with Crippen molar-refractivity contribution < 1.29 is 9.13 Å². The zero-order chi connectivity index (χ0) is 11.9. The molecule has 4 heteroatoms. The summed E-state index contributed by atoms with van der Waals surface area (Å²) < 4.78 is 6.54. The first kappa shape index (κ1) is 9.76. The Bertz CT molecular complexity index is 729. The lowest BCUT2D eigenvalue weighted by atomic mass is 10.3. The molecular weight excluding hydrogens is 224 g/mol. The van der Waals surface area contributed by atoms with Crippen LogP contribution in [0.25, 0.3) is 17.2 Å². The highest BCUT2D eigenvalue weighted by molar-refractivity contribution is 5.44. The van der Waals surface area contributed by atoms with Gasteiger partial charge in [0.05, 0.1) is 11.6 Å². The Morgan fingerprint density at radius 3 is 3.00 bits per heavy atom. The molecule has 0 unspecified atom stereocenters. The molecule has 0 amide bonds. The first-order valence-corrected chi connectivity index (χ1v) is 6.29. The predicted octanol–water partition coefficient (Wildman–Crippen LogP) is 0.980. The third-order valence-electron chi connectivity index (χ3n) is 3.50. The SMILES string of the molecule is c1cc[n+]2c(c1)-c1nn3ccccc3[n+]1CCC2. The van der Waals surface area contributed by atoms with Crippen molar-refractivity contribution in [2.24, 2.45) is 0 Å². The van der Waals surface area contributed by atoms with E-state index < -0.39 is 0 Å². The van der Waals surface area contributed by atoms with Gasteiger partial charge in [-0.05, 0) is 12.1 Å². The van der Waals surface area contributed by atoms with E-state index in [0.29, 0.717) is 0 Å². The highest BCUT2D eigenvalue weighted by Crippen LogP contribution is 2.13. The summed E-state index contributed by atoms with van der Waals surface area (Å²) in [6, 6.07) is 12.5. The molecule has 0 saturated heterocycles. The minimum absolute atomic E-state index is 1.02. The van der Waals surface area contributed by atoms with Crippen LogP contribution in [0.3, 0.4) is 0 Å². The zero-order valence-corrected chi connectivity index (χ0v) is 10.0. The Kier molecular flexibility index (Phi) is 1.97.